The van der Waals surface area contributed by atoms with Gasteiger partial charge in [0.05, 0.1) is 8.07 Å². The molecule has 176 valence electrons. The van der Waals surface area contributed by atoms with Crippen molar-refractivity contribution in [2.45, 2.75) is 63.6 Å². The molecule has 0 heterocycles. The van der Waals surface area contributed by atoms with Gasteiger partial charge < -0.3 is 0 Å². The van der Waals surface area contributed by atoms with Crippen LogP contribution in [0.3, 0.4) is 0 Å². The van der Waals surface area contributed by atoms with Crippen molar-refractivity contribution >= 4 is 24.8 Å². The topological polar surface area (TPSA) is 34.1 Å². The zero-order chi connectivity index (χ0) is 24.1. The fourth-order valence-corrected chi connectivity index (χ4v) is 8.17. The summed E-state index contributed by atoms with van der Waals surface area (Å²) in [7, 11) is -1.82. The van der Waals surface area contributed by atoms with Gasteiger partial charge in [0.15, 0.2) is 0 Å². The van der Waals surface area contributed by atoms with Gasteiger partial charge in [-0.25, -0.2) is 0 Å². The largest absolute Gasteiger partial charge is 0.299 e. The normalized spacial score (nSPS) is 18.0. The Morgan fingerprint density at radius 1 is 0.882 bits per heavy atom. The highest BCUT2D eigenvalue weighted by Gasteiger charge is 2.34. The van der Waals surface area contributed by atoms with Crippen LogP contribution >= 0.6 is 0 Å². The number of Topliss-reactive ketones (excluding diaryl/α,β-unsaturated/α-hetero) is 2. The molecule has 1 saturated carbocycles. The van der Waals surface area contributed by atoms with E-state index in [2.05, 4.69) is 79.8 Å². The zero-order valence-corrected chi connectivity index (χ0v) is 21.7. The molecule has 1 fully saturated rings. The number of benzene rings is 3. The first kappa shape index (κ1) is 24.3. The van der Waals surface area contributed by atoms with E-state index in [0.29, 0.717) is 11.6 Å². The first-order valence-electron chi connectivity index (χ1n) is 12.6. The van der Waals surface area contributed by atoms with Crippen LogP contribution in [0, 0.1) is 5.92 Å². The summed E-state index contributed by atoms with van der Waals surface area (Å²) in [6, 6.07) is 30.3. The van der Waals surface area contributed by atoms with E-state index in [9.17, 15) is 9.59 Å². The first-order valence-corrected chi connectivity index (χ1v) is 15.8. The molecule has 0 amide bonds. The Balaban J connectivity index is 1.54. The van der Waals surface area contributed by atoms with Gasteiger partial charge in [-0.05, 0) is 42.0 Å². The van der Waals surface area contributed by atoms with Gasteiger partial charge in [-0.2, -0.15) is 0 Å². The molecule has 3 aromatic carbocycles. The Morgan fingerprint density at radius 2 is 1.50 bits per heavy atom. The molecule has 0 aromatic heterocycles. The lowest BCUT2D eigenvalue weighted by molar-refractivity contribution is -0.121. The molecule has 3 heteroatoms. The molecule has 0 N–H and O–H groups in total. The minimum atomic E-state index is -1.82. The molecule has 2 nitrogen and oxygen atoms in total. The summed E-state index contributed by atoms with van der Waals surface area (Å²) in [6.07, 6.45) is 3.59. The van der Waals surface area contributed by atoms with E-state index in [0.717, 1.165) is 42.9 Å². The van der Waals surface area contributed by atoms with Crippen molar-refractivity contribution < 1.29 is 9.59 Å². The predicted octanol–water partition coefficient (Wildman–Crippen LogP) is 6.67. The fraction of sp³-hybridized carbons (Fsp3) is 0.355. The van der Waals surface area contributed by atoms with Gasteiger partial charge in [0.1, 0.15) is 11.6 Å². The van der Waals surface area contributed by atoms with Crippen molar-refractivity contribution in [3.05, 3.63) is 102 Å². The van der Waals surface area contributed by atoms with E-state index in [-0.39, 0.29) is 17.8 Å². The van der Waals surface area contributed by atoms with Crippen molar-refractivity contribution in [3.63, 3.8) is 0 Å². The highest BCUT2D eigenvalue weighted by atomic mass is 28.3. The molecular weight excluding hydrogens is 432 g/mol. The maximum Gasteiger partial charge on any atom is 0.147 e. The van der Waals surface area contributed by atoms with Crippen molar-refractivity contribution in [2.24, 2.45) is 5.92 Å². The average molecular weight is 469 g/mol. The Hall–Kier alpha value is -2.78. The minimum Gasteiger partial charge on any atom is -0.299 e. The first-order chi connectivity index (χ1) is 16.3. The van der Waals surface area contributed by atoms with Crippen LogP contribution in [0.1, 0.15) is 54.7 Å². The molecule has 0 spiro atoms. The van der Waals surface area contributed by atoms with Gasteiger partial charge in [0.2, 0.25) is 0 Å². The van der Waals surface area contributed by atoms with Gasteiger partial charge in [-0.15, -0.1) is 0 Å². The zero-order valence-electron chi connectivity index (χ0n) is 20.7. The van der Waals surface area contributed by atoms with E-state index >= 15 is 0 Å². The van der Waals surface area contributed by atoms with Crippen molar-refractivity contribution in [1.29, 1.82) is 0 Å². The SMILES string of the molecule is CC(C(=O)C(C[Si](C)(C)c1ccccc1)c1ccccc1)c1ccc(CC2CCCC2=O)cc1. The molecule has 0 saturated heterocycles. The van der Waals surface area contributed by atoms with Gasteiger partial charge in [-0.1, -0.05) is 110 Å². The standard InChI is InChI=1S/C31H36O2Si/c1-23(25-19-17-24(18-20-25)21-27-13-10-16-30(27)32)31(33)29(26-11-6-4-7-12-26)22-34(2,3)28-14-8-5-9-15-28/h4-9,11-12,14-15,17-20,23,27,29H,10,13,16,21-22H2,1-3H3. The van der Waals surface area contributed by atoms with Crippen LogP contribution < -0.4 is 5.19 Å². The van der Waals surface area contributed by atoms with Gasteiger partial charge >= 0.3 is 0 Å². The van der Waals surface area contributed by atoms with Gasteiger partial charge in [0, 0.05) is 24.2 Å². The second kappa shape index (κ2) is 10.6. The summed E-state index contributed by atoms with van der Waals surface area (Å²) >= 11 is 0. The molecule has 1 aliphatic rings. The lowest BCUT2D eigenvalue weighted by Crippen LogP contribution is -2.43. The Labute approximate surface area is 205 Å². The Morgan fingerprint density at radius 3 is 2.09 bits per heavy atom. The van der Waals surface area contributed by atoms with Crippen LogP contribution in [-0.4, -0.2) is 19.6 Å². The quantitative estimate of drug-likeness (QED) is 0.329. The third kappa shape index (κ3) is 5.64. The molecule has 0 aliphatic heterocycles. The van der Waals surface area contributed by atoms with Crippen LogP contribution in [0.5, 0.6) is 0 Å². The molecule has 0 bridgehead atoms. The number of hydrogen-bond acceptors (Lipinski definition) is 2. The maximum atomic E-state index is 13.9. The van der Waals surface area contributed by atoms with Crippen molar-refractivity contribution in [3.8, 4) is 0 Å². The van der Waals surface area contributed by atoms with Crippen molar-refractivity contribution in [1.82, 2.24) is 0 Å². The van der Waals surface area contributed by atoms with E-state index in [1.54, 1.807) is 0 Å². The molecule has 4 rings (SSSR count). The second-order valence-corrected chi connectivity index (χ2v) is 15.3. The molecule has 3 atom stereocenters. The summed E-state index contributed by atoms with van der Waals surface area (Å²) in [5, 5.41) is 1.39. The van der Waals surface area contributed by atoms with Crippen LogP contribution in [-0.2, 0) is 16.0 Å². The summed E-state index contributed by atoms with van der Waals surface area (Å²) in [4.78, 5) is 26.0. The van der Waals surface area contributed by atoms with Crippen molar-refractivity contribution in [2.75, 3.05) is 0 Å². The average Bonchev–Trinajstić information content (AvgIpc) is 3.27. The lowest BCUT2D eigenvalue weighted by Gasteiger charge is -2.30. The van der Waals surface area contributed by atoms with E-state index in [4.69, 9.17) is 0 Å². The third-order valence-corrected chi connectivity index (χ3v) is 11.0. The van der Waals surface area contributed by atoms with E-state index in [1.165, 1.54) is 10.8 Å². The summed E-state index contributed by atoms with van der Waals surface area (Å²) in [6.45, 7) is 6.79. The molecule has 1 aliphatic carbocycles. The minimum absolute atomic E-state index is 0.117. The van der Waals surface area contributed by atoms with Crippen LogP contribution in [0.15, 0.2) is 84.9 Å². The molecule has 3 aromatic rings. The molecule has 3 unspecified atom stereocenters. The molecule has 0 radical (unpaired) electrons. The maximum absolute atomic E-state index is 13.9. The van der Waals surface area contributed by atoms with Crippen LogP contribution in [0.25, 0.3) is 0 Å². The smallest absolute Gasteiger partial charge is 0.147 e. The van der Waals surface area contributed by atoms with E-state index < -0.39 is 8.07 Å². The number of hydrogen-bond donors (Lipinski definition) is 0. The monoisotopic (exact) mass is 468 g/mol. The lowest BCUT2D eigenvalue weighted by atomic mass is 9.85. The predicted molar refractivity (Wildman–Crippen MR) is 143 cm³/mol. The summed E-state index contributed by atoms with van der Waals surface area (Å²) in [5.74, 6) is 0.587. The summed E-state index contributed by atoms with van der Waals surface area (Å²) < 4.78 is 0. The number of carbonyl (C=O) groups is 2. The van der Waals surface area contributed by atoms with Gasteiger partial charge in [0.25, 0.3) is 0 Å². The fourth-order valence-electron chi connectivity index (χ4n) is 5.38. The second-order valence-electron chi connectivity index (χ2n) is 10.5. The third-order valence-electron chi connectivity index (χ3n) is 7.63. The number of carbonyl (C=O) groups excluding carboxylic acids is 2. The number of ketones is 2. The van der Waals surface area contributed by atoms with Crippen LogP contribution in [0.4, 0.5) is 0 Å². The Kier molecular flexibility index (Phi) is 7.62. The summed E-state index contributed by atoms with van der Waals surface area (Å²) in [5.41, 5.74) is 3.37. The van der Waals surface area contributed by atoms with Gasteiger partial charge in [-0.3, -0.25) is 9.59 Å². The highest BCUT2D eigenvalue weighted by molar-refractivity contribution is 6.90. The number of rotatable bonds is 9. The highest BCUT2D eigenvalue weighted by Crippen LogP contribution is 2.33. The molecule has 34 heavy (non-hydrogen) atoms. The Bertz CT molecular complexity index is 1100. The molecular formula is C31H36O2Si. The van der Waals surface area contributed by atoms with E-state index in [1.807, 2.05) is 25.1 Å². The van der Waals surface area contributed by atoms with Crippen LogP contribution in [0.2, 0.25) is 19.1 Å².